The Bertz CT molecular complexity index is 430. The highest BCUT2D eigenvalue weighted by Gasteiger charge is 2.09. The molecular weight excluding hydrogens is 245 g/mol. The molecule has 0 atom stereocenters. The van der Waals surface area contributed by atoms with Crippen molar-refractivity contribution in [3.63, 3.8) is 0 Å². The summed E-state index contributed by atoms with van der Waals surface area (Å²) >= 11 is 11.7. The molecule has 0 aliphatic carbocycles. The standard InChI is InChI=1S/C11H9Cl2N3/c12-8-9-1-2-11(10(13)7-9)16(5-3-14)6-4-15/h1-2,7H,5-6,8H2. The van der Waals surface area contributed by atoms with Crippen LogP contribution in [0.25, 0.3) is 0 Å². The molecule has 0 bridgehead atoms. The van der Waals surface area contributed by atoms with Crippen LogP contribution in [-0.4, -0.2) is 13.1 Å². The van der Waals surface area contributed by atoms with Gasteiger partial charge in [0.1, 0.15) is 13.1 Å². The summed E-state index contributed by atoms with van der Waals surface area (Å²) in [6.45, 7) is 0.265. The fraction of sp³-hybridized carbons (Fsp3) is 0.273. The van der Waals surface area contributed by atoms with Gasteiger partial charge < -0.3 is 4.90 Å². The lowest BCUT2D eigenvalue weighted by Gasteiger charge is -2.19. The first-order valence-corrected chi connectivity index (χ1v) is 5.47. The fourth-order valence-electron chi connectivity index (χ4n) is 1.29. The smallest absolute Gasteiger partial charge is 0.107 e. The van der Waals surface area contributed by atoms with Crippen molar-refractivity contribution in [2.75, 3.05) is 18.0 Å². The van der Waals surface area contributed by atoms with E-state index in [2.05, 4.69) is 0 Å². The minimum Gasteiger partial charge on any atom is -0.344 e. The summed E-state index contributed by atoms with van der Waals surface area (Å²) < 4.78 is 0. The van der Waals surface area contributed by atoms with Crippen LogP contribution in [0.15, 0.2) is 18.2 Å². The van der Waals surface area contributed by atoms with E-state index in [-0.39, 0.29) is 13.1 Å². The molecule has 5 heteroatoms. The molecule has 0 saturated heterocycles. The Labute approximate surface area is 104 Å². The maximum absolute atomic E-state index is 8.65. The SMILES string of the molecule is N#CCN(CC#N)c1ccc(CCl)cc1Cl. The van der Waals surface area contributed by atoms with E-state index in [1.54, 1.807) is 17.0 Å². The van der Waals surface area contributed by atoms with E-state index < -0.39 is 0 Å². The maximum atomic E-state index is 8.65. The lowest BCUT2D eigenvalue weighted by molar-refractivity contribution is 0.966. The van der Waals surface area contributed by atoms with E-state index in [0.717, 1.165) is 5.56 Å². The molecule has 0 amide bonds. The van der Waals surface area contributed by atoms with E-state index in [1.807, 2.05) is 18.2 Å². The van der Waals surface area contributed by atoms with Crippen LogP contribution in [0.3, 0.4) is 0 Å². The van der Waals surface area contributed by atoms with Gasteiger partial charge in [-0.2, -0.15) is 10.5 Å². The van der Waals surface area contributed by atoms with E-state index in [4.69, 9.17) is 33.7 Å². The van der Waals surface area contributed by atoms with Crippen LogP contribution in [0.2, 0.25) is 5.02 Å². The molecule has 0 heterocycles. The van der Waals surface area contributed by atoms with Gasteiger partial charge in [-0.3, -0.25) is 0 Å². The number of alkyl halides is 1. The zero-order valence-corrected chi connectivity index (χ0v) is 9.96. The summed E-state index contributed by atoms with van der Waals surface area (Å²) in [5, 5.41) is 17.8. The Morgan fingerprint density at radius 1 is 1.19 bits per heavy atom. The van der Waals surface area contributed by atoms with Gasteiger partial charge in [0.25, 0.3) is 0 Å². The molecule has 82 valence electrons. The highest BCUT2D eigenvalue weighted by Crippen LogP contribution is 2.27. The molecular formula is C11H9Cl2N3. The lowest BCUT2D eigenvalue weighted by atomic mass is 10.2. The van der Waals surface area contributed by atoms with Crippen LogP contribution in [0.1, 0.15) is 5.56 Å². The first-order chi connectivity index (χ1) is 7.72. The number of hydrogen-bond donors (Lipinski definition) is 0. The molecule has 0 radical (unpaired) electrons. The van der Waals surface area contributed by atoms with Gasteiger partial charge >= 0.3 is 0 Å². The minimum absolute atomic E-state index is 0.132. The third kappa shape index (κ3) is 3.03. The fourth-order valence-corrected chi connectivity index (χ4v) is 1.78. The van der Waals surface area contributed by atoms with Crippen molar-refractivity contribution in [3.05, 3.63) is 28.8 Å². The van der Waals surface area contributed by atoms with Gasteiger partial charge in [0.05, 0.1) is 22.8 Å². The molecule has 0 fully saturated rings. The first-order valence-electron chi connectivity index (χ1n) is 4.56. The molecule has 0 aliphatic heterocycles. The average Bonchev–Trinajstić information content (AvgIpc) is 2.29. The topological polar surface area (TPSA) is 50.8 Å². The Kier molecular flexibility index (Phi) is 4.92. The largest absolute Gasteiger partial charge is 0.344 e. The van der Waals surface area contributed by atoms with Crippen molar-refractivity contribution in [2.24, 2.45) is 0 Å². The molecule has 1 aromatic rings. The van der Waals surface area contributed by atoms with Crippen molar-refractivity contribution >= 4 is 28.9 Å². The number of rotatable bonds is 4. The van der Waals surface area contributed by atoms with Gasteiger partial charge in [-0.25, -0.2) is 0 Å². The van der Waals surface area contributed by atoms with Gasteiger partial charge in [-0.05, 0) is 17.7 Å². The monoisotopic (exact) mass is 253 g/mol. The van der Waals surface area contributed by atoms with Gasteiger partial charge in [0, 0.05) is 5.88 Å². The molecule has 0 N–H and O–H groups in total. The highest BCUT2D eigenvalue weighted by atomic mass is 35.5. The van der Waals surface area contributed by atoms with E-state index in [1.165, 1.54) is 0 Å². The normalized spacial score (nSPS) is 9.25. The van der Waals surface area contributed by atoms with Crippen LogP contribution < -0.4 is 4.90 Å². The third-order valence-corrected chi connectivity index (χ3v) is 2.64. The summed E-state index contributed by atoms with van der Waals surface area (Å²) in [5.74, 6) is 0.385. The average molecular weight is 254 g/mol. The van der Waals surface area contributed by atoms with Crippen LogP contribution in [0, 0.1) is 22.7 Å². The van der Waals surface area contributed by atoms with Crippen molar-refractivity contribution in [3.8, 4) is 12.1 Å². The van der Waals surface area contributed by atoms with Crippen molar-refractivity contribution in [1.29, 1.82) is 10.5 Å². The summed E-state index contributed by atoms with van der Waals surface area (Å²) in [5.41, 5.74) is 1.59. The Morgan fingerprint density at radius 3 is 2.25 bits per heavy atom. The van der Waals surface area contributed by atoms with Crippen LogP contribution in [-0.2, 0) is 5.88 Å². The molecule has 1 aromatic carbocycles. The van der Waals surface area contributed by atoms with Crippen LogP contribution >= 0.6 is 23.2 Å². The molecule has 1 rings (SSSR count). The van der Waals surface area contributed by atoms with Crippen LogP contribution in [0.4, 0.5) is 5.69 Å². The molecule has 0 unspecified atom stereocenters. The maximum Gasteiger partial charge on any atom is 0.107 e. The Balaban J connectivity index is 3.02. The van der Waals surface area contributed by atoms with Gasteiger partial charge in [-0.15, -0.1) is 11.6 Å². The predicted molar refractivity (Wildman–Crippen MR) is 64.4 cm³/mol. The molecule has 0 aromatic heterocycles. The van der Waals surface area contributed by atoms with Gasteiger partial charge in [0.15, 0.2) is 0 Å². The number of hydrogen-bond acceptors (Lipinski definition) is 3. The molecule has 16 heavy (non-hydrogen) atoms. The molecule has 0 saturated carbocycles. The number of anilines is 1. The zero-order valence-electron chi connectivity index (χ0n) is 8.45. The number of halogens is 2. The number of benzene rings is 1. The first kappa shape index (κ1) is 12.6. The zero-order chi connectivity index (χ0) is 12.0. The van der Waals surface area contributed by atoms with Crippen molar-refractivity contribution in [1.82, 2.24) is 0 Å². The summed E-state index contributed by atoms with van der Waals surface area (Å²) in [4.78, 5) is 1.61. The summed E-state index contributed by atoms with van der Waals surface area (Å²) in [6, 6.07) is 9.34. The number of nitriles is 2. The Morgan fingerprint density at radius 2 is 1.81 bits per heavy atom. The molecule has 3 nitrogen and oxygen atoms in total. The van der Waals surface area contributed by atoms with Crippen molar-refractivity contribution in [2.45, 2.75) is 5.88 Å². The second-order valence-electron chi connectivity index (χ2n) is 3.09. The molecule has 0 aliphatic rings. The van der Waals surface area contributed by atoms with E-state index >= 15 is 0 Å². The molecule has 0 spiro atoms. The predicted octanol–water partition coefficient (Wildman–Crippen LogP) is 2.93. The van der Waals surface area contributed by atoms with Gasteiger partial charge in [-0.1, -0.05) is 17.7 Å². The third-order valence-electron chi connectivity index (χ3n) is 2.03. The highest BCUT2D eigenvalue weighted by molar-refractivity contribution is 6.33. The Hall–Kier alpha value is -1.42. The second kappa shape index (κ2) is 6.23. The summed E-state index contributed by atoms with van der Waals surface area (Å²) in [7, 11) is 0. The summed E-state index contributed by atoms with van der Waals surface area (Å²) in [6.07, 6.45) is 0. The number of nitrogens with zero attached hydrogens (tertiary/aromatic N) is 3. The lowest BCUT2D eigenvalue weighted by Crippen LogP contribution is -2.24. The van der Waals surface area contributed by atoms with E-state index in [9.17, 15) is 0 Å². The quantitative estimate of drug-likeness (QED) is 0.613. The van der Waals surface area contributed by atoms with E-state index in [0.29, 0.717) is 16.6 Å². The minimum atomic E-state index is 0.132. The van der Waals surface area contributed by atoms with Gasteiger partial charge in [0.2, 0.25) is 0 Å². The van der Waals surface area contributed by atoms with Crippen LogP contribution in [0.5, 0.6) is 0 Å². The second-order valence-corrected chi connectivity index (χ2v) is 3.77. The van der Waals surface area contributed by atoms with Crippen molar-refractivity contribution < 1.29 is 0 Å².